The van der Waals surface area contributed by atoms with Crippen LogP contribution in [0.4, 0.5) is 17.1 Å². The van der Waals surface area contributed by atoms with Gasteiger partial charge in [0.2, 0.25) is 0 Å². The van der Waals surface area contributed by atoms with E-state index < -0.39 is 0 Å². The van der Waals surface area contributed by atoms with Gasteiger partial charge in [0.05, 0.1) is 0 Å². The molecule has 0 aliphatic rings. The van der Waals surface area contributed by atoms with Crippen molar-refractivity contribution in [3.05, 3.63) is 249 Å². The molecular weight excluding hydrogens is 751 g/mol. The number of benzene rings is 10. The van der Waals surface area contributed by atoms with E-state index in [0.717, 1.165) is 44.9 Å². The summed E-state index contributed by atoms with van der Waals surface area (Å²) < 4.78 is 6.22. The van der Waals surface area contributed by atoms with Gasteiger partial charge < -0.3 is 9.32 Å². The number of rotatable bonds is 9. The van der Waals surface area contributed by atoms with E-state index in [9.17, 15) is 0 Å². The number of anilines is 3. The van der Waals surface area contributed by atoms with Gasteiger partial charge in [-0.15, -0.1) is 0 Å². The summed E-state index contributed by atoms with van der Waals surface area (Å²) in [5.74, 6) is 0.876. The van der Waals surface area contributed by atoms with Gasteiger partial charge >= 0.3 is 0 Å². The number of hydrogen-bond donors (Lipinski definition) is 0. The summed E-state index contributed by atoms with van der Waals surface area (Å²) in [6, 6.07) is 89.1. The first kappa shape index (κ1) is 36.8. The maximum absolute atomic E-state index is 6.22. The first-order valence-corrected chi connectivity index (χ1v) is 21.1. The topological polar surface area (TPSA) is 16.4 Å². The predicted molar refractivity (Wildman–Crippen MR) is 261 cm³/mol. The molecule has 62 heavy (non-hydrogen) atoms. The van der Waals surface area contributed by atoms with Crippen LogP contribution < -0.4 is 4.90 Å². The maximum atomic E-state index is 6.22. The van der Waals surface area contributed by atoms with E-state index >= 15 is 0 Å². The summed E-state index contributed by atoms with van der Waals surface area (Å²) in [5.41, 5.74) is 17.2. The van der Waals surface area contributed by atoms with Crippen LogP contribution in [0.15, 0.2) is 253 Å². The van der Waals surface area contributed by atoms with Gasteiger partial charge in [0.1, 0.15) is 11.3 Å². The van der Waals surface area contributed by atoms with Gasteiger partial charge in [-0.25, -0.2) is 0 Å². The second-order valence-corrected chi connectivity index (χ2v) is 15.8. The zero-order chi connectivity index (χ0) is 41.2. The van der Waals surface area contributed by atoms with Crippen molar-refractivity contribution in [2.24, 2.45) is 0 Å². The van der Waals surface area contributed by atoms with Crippen molar-refractivity contribution in [2.45, 2.75) is 0 Å². The van der Waals surface area contributed by atoms with Crippen LogP contribution in [0.3, 0.4) is 0 Å². The summed E-state index contributed by atoms with van der Waals surface area (Å²) in [6.45, 7) is 0. The van der Waals surface area contributed by atoms with Crippen molar-refractivity contribution >= 4 is 38.8 Å². The van der Waals surface area contributed by atoms with E-state index in [2.05, 4.69) is 235 Å². The quantitative estimate of drug-likeness (QED) is 0.145. The van der Waals surface area contributed by atoms with Crippen LogP contribution in [0.5, 0.6) is 0 Å². The number of nitrogens with zero attached hydrogens (tertiary/aromatic N) is 1. The standard InChI is InChI=1S/C60H41NO/c1-3-12-42(13-4-1)43-22-24-44(25-23-43)45-28-33-54(34-29-45)61(55-35-30-47(31-36-55)58-20-9-8-19-57(58)46-14-5-2-6-15-46)56-37-32-50-38-49(26-27-51(50)40-56)48-17-11-18-52(39-48)60-41-53-16-7-10-21-59(53)62-60/h1-41H. The van der Waals surface area contributed by atoms with Crippen molar-refractivity contribution in [2.75, 3.05) is 4.90 Å². The van der Waals surface area contributed by atoms with Gasteiger partial charge in [-0.3, -0.25) is 0 Å². The molecule has 2 nitrogen and oxygen atoms in total. The van der Waals surface area contributed by atoms with E-state index in [1.165, 1.54) is 60.8 Å². The summed E-state index contributed by atoms with van der Waals surface area (Å²) in [6.07, 6.45) is 0. The molecule has 11 aromatic rings. The van der Waals surface area contributed by atoms with Crippen molar-refractivity contribution in [3.8, 4) is 67.0 Å². The predicted octanol–water partition coefficient (Wildman–Crippen LogP) is 17.1. The Morgan fingerprint density at radius 3 is 1.34 bits per heavy atom. The lowest BCUT2D eigenvalue weighted by Crippen LogP contribution is -2.09. The van der Waals surface area contributed by atoms with E-state index in [4.69, 9.17) is 4.42 Å². The summed E-state index contributed by atoms with van der Waals surface area (Å²) >= 11 is 0. The fraction of sp³-hybridized carbons (Fsp3) is 0. The molecule has 0 spiro atoms. The Kier molecular flexibility index (Phi) is 9.57. The van der Waals surface area contributed by atoms with Crippen LogP contribution in [0.1, 0.15) is 0 Å². The van der Waals surface area contributed by atoms with Crippen molar-refractivity contribution in [3.63, 3.8) is 0 Å². The molecule has 2 heteroatoms. The third kappa shape index (κ3) is 7.25. The average Bonchev–Trinajstić information content (AvgIpc) is 3.80. The number of para-hydroxylation sites is 1. The Hall–Kier alpha value is -8.20. The van der Waals surface area contributed by atoms with Gasteiger partial charge in [-0.2, -0.15) is 0 Å². The van der Waals surface area contributed by atoms with Crippen LogP contribution >= 0.6 is 0 Å². The minimum atomic E-state index is 0.876. The van der Waals surface area contributed by atoms with Crippen LogP contribution in [-0.2, 0) is 0 Å². The highest BCUT2D eigenvalue weighted by Gasteiger charge is 2.16. The largest absolute Gasteiger partial charge is 0.456 e. The molecule has 0 N–H and O–H groups in total. The van der Waals surface area contributed by atoms with Gasteiger partial charge in [-0.1, -0.05) is 188 Å². The lowest BCUT2D eigenvalue weighted by molar-refractivity contribution is 0.631. The first-order chi connectivity index (χ1) is 30.7. The Balaban J connectivity index is 0.943. The molecule has 0 bridgehead atoms. The molecule has 10 aromatic carbocycles. The molecular formula is C60H41NO. The monoisotopic (exact) mass is 791 g/mol. The van der Waals surface area contributed by atoms with E-state index in [1.54, 1.807) is 0 Å². The second-order valence-electron chi connectivity index (χ2n) is 15.8. The highest BCUT2D eigenvalue weighted by atomic mass is 16.3. The summed E-state index contributed by atoms with van der Waals surface area (Å²) in [5, 5.41) is 3.47. The van der Waals surface area contributed by atoms with Gasteiger partial charge in [0.25, 0.3) is 0 Å². The Morgan fingerprint density at radius 2 is 0.677 bits per heavy atom. The third-order valence-electron chi connectivity index (χ3n) is 11.9. The van der Waals surface area contributed by atoms with Crippen molar-refractivity contribution < 1.29 is 4.42 Å². The highest BCUT2D eigenvalue weighted by molar-refractivity contribution is 5.93. The summed E-state index contributed by atoms with van der Waals surface area (Å²) in [4.78, 5) is 2.36. The zero-order valence-corrected chi connectivity index (χ0v) is 34.0. The molecule has 11 rings (SSSR count). The van der Waals surface area contributed by atoms with Gasteiger partial charge in [0.15, 0.2) is 0 Å². The molecule has 0 aliphatic carbocycles. The number of furan rings is 1. The number of hydrogen-bond acceptors (Lipinski definition) is 2. The van der Waals surface area contributed by atoms with Crippen LogP contribution in [0, 0.1) is 0 Å². The fourth-order valence-corrected chi connectivity index (χ4v) is 8.66. The molecule has 1 aromatic heterocycles. The number of fused-ring (bicyclic) bond motifs is 2. The molecule has 0 fully saturated rings. The third-order valence-corrected chi connectivity index (χ3v) is 11.9. The first-order valence-electron chi connectivity index (χ1n) is 21.1. The molecule has 0 saturated carbocycles. The van der Waals surface area contributed by atoms with Gasteiger partial charge in [-0.05, 0) is 127 Å². The van der Waals surface area contributed by atoms with Crippen molar-refractivity contribution in [1.82, 2.24) is 0 Å². The molecule has 0 amide bonds. The lowest BCUT2D eigenvalue weighted by Gasteiger charge is -2.26. The molecule has 0 saturated heterocycles. The fourth-order valence-electron chi connectivity index (χ4n) is 8.66. The summed E-state index contributed by atoms with van der Waals surface area (Å²) in [7, 11) is 0. The zero-order valence-electron chi connectivity index (χ0n) is 34.0. The lowest BCUT2D eigenvalue weighted by atomic mass is 9.94. The van der Waals surface area contributed by atoms with E-state index in [1.807, 2.05) is 18.2 Å². The van der Waals surface area contributed by atoms with Gasteiger partial charge in [0, 0.05) is 28.0 Å². The maximum Gasteiger partial charge on any atom is 0.135 e. The molecule has 0 aliphatic heterocycles. The molecule has 0 radical (unpaired) electrons. The Morgan fingerprint density at radius 1 is 0.242 bits per heavy atom. The van der Waals surface area contributed by atoms with E-state index in [-0.39, 0.29) is 0 Å². The Bertz CT molecular complexity index is 3280. The highest BCUT2D eigenvalue weighted by Crippen LogP contribution is 2.40. The minimum absolute atomic E-state index is 0.876. The average molecular weight is 792 g/mol. The Labute approximate surface area is 362 Å². The molecule has 0 unspecified atom stereocenters. The van der Waals surface area contributed by atoms with Crippen molar-refractivity contribution in [1.29, 1.82) is 0 Å². The molecule has 1 heterocycles. The van der Waals surface area contributed by atoms with Crippen LogP contribution in [0.25, 0.3) is 88.7 Å². The van der Waals surface area contributed by atoms with Crippen LogP contribution in [-0.4, -0.2) is 0 Å². The SMILES string of the molecule is c1ccc(-c2ccc(-c3ccc(N(c4ccc(-c5ccccc5-c5ccccc5)cc4)c4ccc5cc(-c6cccc(-c7cc8ccccc8o7)c6)ccc5c4)cc3)cc2)cc1. The minimum Gasteiger partial charge on any atom is -0.456 e. The smallest absolute Gasteiger partial charge is 0.135 e. The second kappa shape index (κ2) is 16.1. The van der Waals surface area contributed by atoms with E-state index in [0.29, 0.717) is 0 Å². The molecule has 292 valence electrons. The van der Waals surface area contributed by atoms with Crippen LogP contribution in [0.2, 0.25) is 0 Å². The normalized spacial score (nSPS) is 11.2. The molecule has 0 atom stereocenters.